The van der Waals surface area contributed by atoms with Crippen LogP contribution in [0.1, 0.15) is 33.1 Å². The Morgan fingerprint density at radius 1 is 1.36 bits per heavy atom. The lowest BCUT2D eigenvalue weighted by Crippen LogP contribution is -2.41. The molecule has 1 saturated carbocycles. The maximum atomic E-state index is 11.3. The van der Waals surface area contributed by atoms with Crippen molar-refractivity contribution in [3.05, 3.63) is 0 Å². The highest BCUT2D eigenvalue weighted by Gasteiger charge is 2.40. The summed E-state index contributed by atoms with van der Waals surface area (Å²) in [7, 11) is 3.31. The van der Waals surface area contributed by atoms with Gasteiger partial charge in [0.15, 0.2) is 6.29 Å². The monoisotopic (exact) mass is 200 g/mol. The van der Waals surface area contributed by atoms with Crippen LogP contribution in [0.25, 0.3) is 0 Å². The predicted octanol–water partition coefficient (Wildman–Crippen LogP) is 2.00. The number of ether oxygens (including phenoxy) is 2. The highest BCUT2D eigenvalue weighted by molar-refractivity contribution is 5.79. The number of hydrogen-bond donors (Lipinski definition) is 0. The first-order valence-corrected chi connectivity index (χ1v) is 5.08. The maximum absolute atomic E-state index is 11.3. The molecule has 0 spiro atoms. The lowest BCUT2D eigenvalue weighted by Gasteiger charge is -2.40. The van der Waals surface area contributed by atoms with Gasteiger partial charge in [0.2, 0.25) is 0 Å². The van der Waals surface area contributed by atoms with E-state index >= 15 is 0 Å². The number of carbonyl (C=O) groups excluding carboxylic acids is 1. The van der Waals surface area contributed by atoms with Crippen LogP contribution < -0.4 is 0 Å². The van der Waals surface area contributed by atoms with Gasteiger partial charge in [0, 0.05) is 33.0 Å². The minimum atomic E-state index is -0.182. The van der Waals surface area contributed by atoms with Crippen LogP contribution in [-0.2, 0) is 14.3 Å². The van der Waals surface area contributed by atoms with Crippen LogP contribution in [0.15, 0.2) is 0 Å². The summed E-state index contributed by atoms with van der Waals surface area (Å²) in [5, 5.41) is 0. The van der Waals surface area contributed by atoms with Crippen LogP contribution in [-0.4, -0.2) is 26.3 Å². The molecule has 82 valence electrons. The van der Waals surface area contributed by atoms with Gasteiger partial charge in [0.05, 0.1) is 0 Å². The van der Waals surface area contributed by atoms with Gasteiger partial charge < -0.3 is 9.47 Å². The second-order valence-corrected chi connectivity index (χ2v) is 4.69. The maximum Gasteiger partial charge on any atom is 0.160 e. The fourth-order valence-electron chi connectivity index (χ4n) is 2.36. The third-order valence-corrected chi connectivity index (χ3v) is 3.18. The number of hydrogen-bond acceptors (Lipinski definition) is 3. The average molecular weight is 200 g/mol. The summed E-state index contributed by atoms with van der Waals surface area (Å²) in [5.74, 6) is 0.674. The third-order valence-electron chi connectivity index (χ3n) is 3.18. The fraction of sp³-hybridized carbons (Fsp3) is 0.909. The van der Waals surface area contributed by atoms with Gasteiger partial charge in [-0.3, -0.25) is 4.79 Å². The molecule has 1 aliphatic carbocycles. The molecule has 0 radical (unpaired) electrons. The van der Waals surface area contributed by atoms with Gasteiger partial charge >= 0.3 is 0 Å². The smallest absolute Gasteiger partial charge is 0.160 e. The van der Waals surface area contributed by atoms with Gasteiger partial charge in [0.25, 0.3) is 0 Å². The molecule has 1 atom stereocenters. The first kappa shape index (κ1) is 11.7. The number of rotatable bonds is 3. The van der Waals surface area contributed by atoms with Crippen molar-refractivity contribution in [2.24, 2.45) is 11.3 Å². The molecule has 0 amide bonds. The molecule has 14 heavy (non-hydrogen) atoms. The van der Waals surface area contributed by atoms with E-state index in [1.54, 1.807) is 14.2 Å². The molecule has 1 aliphatic rings. The molecule has 1 unspecified atom stereocenters. The van der Waals surface area contributed by atoms with E-state index in [1.165, 1.54) is 0 Å². The third kappa shape index (κ3) is 2.34. The van der Waals surface area contributed by atoms with E-state index in [0.717, 1.165) is 6.42 Å². The first-order valence-electron chi connectivity index (χ1n) is 5.08. The Balaban J connectivity index is 2.72. The van der Waals surface area contributed by atoms with Crippen LogP contribution >= 0.6 is 0 Å². The summed E-state index contributed by atoms with van der Waals surface area (Å²) >= 11 is 0. The summed E-state index contributed by atoms with van der Waals surface area (Å²) in [4.78, 5) is 11.3. The Hall–Kier alpha value is -0.410. The van der Waals surface area contributed by atoms with E-state index < -0.39 is 0 Å². The molecule has 1 fully saturated rings. The topological polar surface area (TPSA) is 35.5 Å². The number of Topliss-reactive ketones (excluding diaryl/α,β-unsaturated/α-hetero) is 1. The zero-order chi connectivity index (χ0) is 10.8. The Morgan fingerprint density at radius 2 is 1.93 bits per heavy atom. The lowest BCUT2D eigenvalue weighted by atomic mass is 9.68. The van der Waals surface area contributed by atoms with E-state index in [4.69, 9.17) is 9.47 Å². The molecule has 0 aromatic carbocycles. The number of methoxy groups -OCH3 is 2. The Labute approximate surface area is 85.8 Å². The normalized spacial score (nSPS) is 26.9. The van der Waals surface area contributed by atoms with Crippen LogP contribution in [0.5, 0.6) is 0 Å². The van der Waals surface area contributed by atoms with Crippen molar-refractivity contribution >= 4 is 5.78 Å². The SMILES string of the molecule is COC(OC)C1CCC(=O)CC1(C)C. The van der Waals surface area contributed by atoms with Crippen LogP contribution in [0.4, 0.5) is 0 Å². The minimum absolute atomic E-state index is 0.00792. The van der Waals surface area contributed by atoms with Gasteiger partial charge in [-0.2, -0.15) is 0 Å². The van der Waals surface area contributed by atoms with Crippen molar-refractivity contribution in [3.8, 4) is 0 Å². The first-order chi connectivity index (χ1) is 6.51. The molecule has 0 heterocycles. The summed E-state index contributed by atoms with van der Waals surface area (Å²) < 4.78 is 10.6. The molecular formula is C11H20O3. The highest BCUT2D eigenvalue weighted by atomic mass is 16.7. The van der Waals surface area contributed by atoms with Gasteiger partial charge in [-0.15, -0.1) is 0 Å². The van der Waals surface area contributed by atoms with Crippen molar-refractivity contribution in [2.45, 2.75) is 39.4 Å². The van der Waals surface area contributed by atoms with Gasteiger partial charge in [0.1, 0.15) is 5.78 Å². The van der Waals surface area contributed by atoms with E-state index in [0.29, 0.717) is 24.5 Å². The summed E-state index contributed by atoms with van der Waals surface area (Å²) in [6, 6.07) is 0. The molecular weight excluding hydrogens is 180 g/mol. The summed E-state index contributed by atoms with van der Waals surface area (Å²) in [6.45, 7) is 4.22. The fourth-order valence-corrected chi connectivity index (χ4v) is 2.36. The predicted molar refractivity (Wildman–Crippen MR) is 53.9 cm³/mol. The second kappa shape index (κ2) is 4.41. The van der Waals surface area contributed by atoms with Crippen LogP contribution in [0.3, 0.4) is 0 Å². The van der Waals surface area contributed by atoms with E-state index in [1.807, 2.05) is 0 Å². The molecule has 0 aliphatic heterocycles. The minimum Gasteiger partial charge on any atom is -0.356 e. The molecule has 0 N–H and O–H groups in total. The van der Waals surface area contributed by atoms with Gasteiger partial charge in [-0.1, -0.05) is 13.8 Å². The average Bonchev–Trinajstić information content (AvgIpc) is 2.09. The number of carbonyl (C=O) groups is 1. The molecule has 0 aromatic rings. The van der Waals surface area contributed by atoms with Crippen LogP contribution in [0, 0.1) is 11.3 Å². The van der Waals surface area contributed by atoms with Crippen molar-refractivity contribution in [2.75, 3.05) is 14.2 Å². The van der Waals surface area contributed by atoms with Crippen LogP contribution in [0.2, 0.25) is 0 Å². The van der Waals surface area contributed by atoms with E-state index in [9.17, 15) is 4.79 Å². The van der Waals surface area contributed by atoms with E-state index in [-0.39, 0.29) is 11.7 Å². The Kier molecular flexibility index (Phi) is 3.67. The van der Waals surface area contributed by atoms with Gasteiger partial charge in [-0.25, -0.2) is 0 Å². The molecule has 3 nitrogen and oxygen atoms in total. The zero-order valence-electron chi connectivity index (χ0n) is 9.50. The van der Waals surface area contributed by atoms with Gasteiger partial charge in [-0.05, 0) is 11.8 Å². The lowest BCUT2D eigenvalue weighted by molar-refractivity contribution is -0.173. The van der Waals surface area contributed by atoms with Crippen molar-refractivity contribution in [1.29, 1.82) is 0 Å². The molecule has 0 aromatic heterocycles. The number of ketones is 1. The van der Waals surface area contributed by atoms with Crippen molar-refractivity contribution in [1.82, 2.24) is 0 Å². The molecule has 0 saturated heterocycles. The zero-order valence-corrected chi connectivity index (χ0v) is 9.50. The summed E-state index contributed by atoms with van der Waals surface area (Å²) in [6.07, 6.45) is 1.99. The van der Waals surface area contributed by atoms with Crippen molar-refractivity contribution < 1.29 is 14.3 Å². The Bertz CT molecular complexity index is 207. The summed E-state index contributed by atoms with van der Waals surface area (Å²) in [5.41, 5.74) is -0.00792. The molecule has 0 bridgehead atoms. The largest absolute Gasteiger partial charge is 0.356 e. The second-order valence-electron chi connectivity index (χ2n) is 4.69. The standard InChI is InChI=1S/C11H20O3/c1-11(2)7-8(12)5-6-9(11)10(13-3)14-4/h9-10H,5-7H2,1-4H3. The molecule has 3 heteroatoms. The molecule has 1 rings (SSSR count). The quantitative estimate of drug-likeness (QED) is 0.654. The highest BCUT2D eigenvalue weighted by Crippen LogP contribution is 2.41. The Morgan fingerprint density at radius 3 is 2.36 bits per heavy atom. The van der Waals surface area contributed by atoms with E-state index in [2.05, 4.69) is 13.8 Å². The van der Waals surface area contributed by atoms with Crippen molar-refractivity contribution in [3.63, 3.8) is 0 Å².